The van der Waals surface area contributed by atoms with E-state index in [1.165, 1.54) is 18.2 Å². The molecule has 102 valence electrons. The van der Waals surface area contributed by atoms with Gasteiger partial charge in [-0.1, -0.05) is 18.2 Å². The van der Waals surface area contributed by atoms with Crippen LogP contribution in [0, 0.1) is 0 Å². The summed E-state index contributed by atoms with van der Waals surface area (Å²) in [4.78, 5) is 11.8. The fourth-order valence-corrected chi connectivity index (χ4v) is 1.94. The summed E-state index contributed by atoms with van der Waals surface area (Å²) in [5.74, 6) is -0.706. The Hall–Kier alpha value is -2.27. The Kier molecular flexibility index (Phi) is 4.42. The minimum Gasteiger partial charge on any atom is -0.504 e. The van der Waals surface area contributed by atoms with Gasteiger partial charge >= 0.3 is 0 Å². The number of carbonyl (C=O) groups is 1. The van der Waals surface area contributed by atoms with E-state index in [1.807, 2.05) is 18.2 Å². The molecule has 1 amide bonds. The average Bonchev–Trinajstić information content (AvgIpc) is 2.43. The molecular weight excluding hydrogens is 322 g/mol. The lowest BCUT2D eigenvalue weighted by molar-refractivity contribution is -0.111. The van der Waals surface area contributed by atoms with Crippen molar-refractivity contribution in [3.8, 4) is 11.5 Å². The Morgan fingerprint density at radius 3 is 2.55 bits per heavy atom. The summed E-state index contributed by atoms with van der Waals surface area (Å²) in [7, 11) is 0. The molecule has 2 aromatic rings. The van der Waals surface area contributed by atoms with Gasteiger partial charge in [-0.2, -0.15) is 0 Å². The Balaban J connectivity index is 2.06. The molecule has 20 heavy (non-hydrogen) atoms. The first-order valence-electron chi connectivity index (χ1n) is 5.82. The molecule has 0 unspecified atom stereocenters. The zero-order valence-electron chi connectivity index (χ0n) is 10.4. The lowest BCUT2D eigenvalue weighted by Crippen LogP contribution is -2.07. The fourth-order valence-electron chi connectivity index (χ4n) is 1.55. The molecule has 0 saturated heterocycles. The van der Waals surface area contributed by atoms with Gasteiger partial charge in [-0.05, 0) is 51.8 Å². The summed E-state index contributed by atoms with van der Waals surface area (Å²) in [5.41, 5.74) is 1.29. The monoisotopic (exact) mass is 333 g/mol. The van der Waals surface area contributed by atoms with Crippen LogP contribution in [0.3, 0.4) is 0 Å². The summed E-state index contributed by atoms with van der Waals surface area (Å²) >= 11 is 3.34. The van der Waals surface area contributed by atoms with E-state index in [2.05, 4.69) is 21.2 Å². The van der Waals surface area contributed by atoms with E-state index in [9.17, 15) is 15.0 Å². The highest BCUT2D eigenvalue weighted by Gasteiger charge is 2.02. The highest BCUT2D eigenvalue weighted by molar-refractivity contribution is 9.10. The zero-order valence-corrected chi connectivity index (χ0v) is 12.0. The van der Waals surface area contributed by atoms with Gasteiger partial charge in [0, 0.05) is 10.5 Å². The average molecular weight is 334 g/mol. The summed E-state index contributed by atoms with van der Waals surface area (Å²) in [5, 5.41) is 21.3. The minimum absolute atomic E-state index is 0.195. The molecule has 0 spiro atoms. The third kappa shape index (κ3) is 3.61. The van der Waals surface area contributed by atoms with E-state index in [0.717, 1.165) is 4.47 Å². The second-order valence-corrected chi connectivity index (χ2v) is 4.90. The molecule has 0 fully saturated rings. The van der Waals surface area contributed by atoms with Gasteiger partial charge in [-0.15, -0.1) is 0 Å². The van der Waals surface area contributed by atoms with Crippen LogP contribution in [0.4, 0.5) is 5.69 Å². The number of carbonyl (C=O) groups excluding carboxylic acids is 1. The number of aromatic hydroxyl groups is 2. The predicted molar refractivity (Wildman–Crippen MR) is 81.6 cm³/mol. The lowest BCUT2D eigenvalue weighted by Gasteiger charge is -2.04. The predicted octanol–water partition coefficient (Wildman–Crippen LogP) is 3.51. The van der Waals surface area contributed by atoms with Gasteiger partial charge in [-0.25, -0.2) is 0 Å². The van der Waals surface area contributed by atoms with Crippen LogP contribution in [-0.2, 0) is 4.79 Å². The van der Waals surface area contributed by atoms with Crippen molar-refractivity contribution < 1.29 is 15.0 Å². The molecule has 2 rings (SSSR count). The van der Waals surface area contributed by atoms with Gasteiger partial charge < -0.3 is 15.5 Å². The second kappa shape index (κ2) is 6.25. The maximum atomic E-state index is 11.8. The van der Waals surface area contributed by atoms with Gasteiger partial charge in [0.05, 0.1) is 5.69 Å². The van der Waals surface area contributed by atoms with E-state index in [0.29, 0.717) is 11.3 Å². The molecule has 0 bridgehead atoms. The molecule has 0 aliphatic rings. The van der Waals surface area contributed by atoms with E-state index in [4.69, 9.17) is 0 Å². The van der Waals surface area contributed by atoms with Crippen LogP contribution in [0.25, 0.3) is 6.08 Å². The number of hydrogen-bond donors (Lipinski definition) is 3. The number of amides is 1. The van der Waals surface area contributed by atoms with E-state index in [1.54, 1.807) is 18.2 Å². The first kappa shape index (κ1) is 14.1. The number of para-hydroxylation sites is 1. The summed E-state index contributed by atoms with van der Waals surface area (Å²) < 4.78 is 0.795. The molecule has 3 N–H and O–H groups in total. The van der Waals surface area contributed by atoms with Gasteiger partial charge in [0.25, 0.3) is 0 Å². The van der Waals surface area contributed by atoms with Crippen LogP contribution in [0.15, 0.2) is 53.0 Å². The molecule has 0 aliphatic carbocycles. The van der Waals surface area contributed by atoms with E-state index < -0.39 is 0 Å². The quantitative estimate of drug-likeness (QED) is 0.594. The summed E-state index contributed by atoms with van der Waals surface area (Å²) in [6.45, 7) is 0. The van der Waals surface area contributed by atoms with Crippen LogP contribution in [0.5, 0.6) is 11.5 Å². The SMILES string of the molecule is O=C(/C=C/c1ccc(O)c(O)c1)Nc1ccccc1Br. The molecule has 0 aliphatic heterocycles. The smallest absolute Gasteiger partial charge is 0.248 e. The van der Waals surface area contributed by atoms with Crippen LogP contribution >= 0.6 is 15.9 Å². The molecular formula is C15H12BrNO3. The van der Waals surface area contributed by atoms with Crippen molar-refractivity contribution in [2.75, 3.05) is 5.32 Å². The van der Waals surface area contributed by atoms with Crippen LogP contribution in [0.1, 0.15) is 5.56 Å². The van der Waals surface area contributed by atoms with Crippen molar-refractivity contribution in [2.24, 2.45) is 0 Å². The summed E-state index contributed by atoms with van der Waals surface area (Å²) in [6.07, 6.45) is 2.90. The minimum atomic E-state index is -0.288. The van der Waals surface area contributed by atoms with Crippen molar-refractivity contribution in [3.05, 3.63) is 58.6 Å². The largest absolute Gasteiger partial charge is 0.504 e. The van der Waals surface area contributed by atoms with E-state index >= 15 is 0 Å². The maximum absolute atomic E-state index is 11.8. The second-order valence-electron chi connectivity index (χ2n) is 4.05. The number of rotatable bonds is 3. The van der Waals surface area contributed by atoms with Gasteiger partial charge in [0.15, 0.2) is 11.5 Å². The first-order valence-corrected chi connectivity index (χ1v) is 6.61. The Morgan fingerprint density at radius 1 is 1.10 bits per heavy atom. The molecule has 0 radical (unpaired) electrons. The fraction of sp³-hybridized carbons (Fsp3) is 0. The number of phenolic OH excluding ortho intramolecular Hbond substituents is 2. The maximum Gasteiger partial charge on any atom is 0.248 e. The standard InChI is InChI=1S/C15H12BrNO3/c16-11-3-1-2-4-12(11)17-15(20)8-6-10-5-7-13(18)14(19)9-10/h1-9,18-19H,(H,17,20)/b8-6+. The normalized spacial score (nSPS) is 10.7. The van der Waals surface area contributed by atoms with Crippen LogP contribution < -0.4 is 5.32 Å². The van der Waals surface area contributed by atoms with Gasteiger partial charge in [0.1, 0.15) is 0 Å². The molecule has 5 heteroatoms. The van der Waals surface area contributed by atoms with Gasteiger partial charge in [-0.3, -0.25) is 4.79 Å². The number of halogens is 1. The topological polar surface area (TPSA) is 69.6 Å². The highest BCUT2D eigenvalue weighted by atomic mass is 79.9. The zero-order chi connectivity index (χ0) is 14.5. The Bertz CT molecular complexity index is 668. The first-order chi connectivity index (χ1) is 9.56. The number of hydrogen-bond acceptors (Lipinski definition) is 3. The molecule has 0 saturated carbocycles. The molecule has 2 aromatic carbocycles. The van der Waals surface area contributed by atoms with Crippen LogP contribution in [-0.4, -0.2) is 16.1 Å². The Labute approximate surface area is 124 Å². The number of nitrogens with one attached hydrogen (secondary N) is 1. The number of phenols is 2. The Morgan fingerprint density at radius 2 is 1.85 bits per heavy atom. The molecule has 0 heterocycles. The van der Waals surface area contributed by atoms with E-state index in [-0.39, 0.29) is 17.4 Å². The van der Waals surface area contributed by atoms with Gasteiger partial charge in [0.2, 0.25) is 5.91 Å². The third-order valence-electron chi connectivity index (χ3n) is 2.56. The molecule has 4 nitrogen and oxygen atoms in total. The van der Waals surface area contributed by atoms with Crippen molar-refractivity contribution in [2.45, 2.75) is 0 Å². The van der Waals surface area contributed by atoms with Crippen molar-refractivity contribution in [1.29, 1.82) is 0 Å². The van der Waals surface area contributed by atoms with Crippen molar-refractivity contribution >= 4 is 33.6 Å². The number of anilines is 1. The van der Waals surface area contributed by atoms with Crippen molar-refractivity contribution in [3.63, 3.8) is 0 Å². The van der Waals surface area contributed by atoms with Crippen LogP contribution in [0.2, 0.25) is 0 Å². The summed E-state index contributed by atoms with van der Waals surface area (Å²) in [6, 6.07) is 11.6. The molecule has 0 atom stereocenters. The highest BCUT2D eigenvalue weighted by Crippen LogP contribution is 2.25. The lowest BCUT2D eigenvalue weighted by atomic mass is 10.2. The third-order valence-corrected chi connectivity index (χ3v) is 3.25. The van der Waals surface area contributed by atoms with Crippen molar-refractivity contribution in [1.82, 2.24) is 0 Å². The number of benzene rings is 2. The molecule has 0 aromatic heterocycles.